The molecule has 33 heavy (non-hydrogen) atoms. The molecule has 3 rings (SSSR count). The van der Waals surface area contributed by atoms with Gasteiger partial charge >= 0.3 is 12.1 Å². The number of halogens is 1. The van der Waals surface area contributed by atoms with E-state index in [1.807, 2.05) is 40.8 Å². The van der Waals surface area contributed by atoms with Crippen LogP contribution in [0.3, 0.4) is 0 Å². The molecule has 0 saturated carbocycles. The number of carboxylic acid groups (broad SMARTS) is 1. The Morgan fingerprint density at radius 3 is 2.45 bits per heavy atom. The van der Waals surface area contributed by atoms with Crippen LogP contribution in [0.25, 0.3) is 0 Å². The van der Waals surface area contributed by atoms with Crippen molar-refractivity contribution in [3.8, 4) is 0 Å². The molecule has 0 radical (unpaired) electrons. The van der Waals surface area contributed by atoms with Crippen molar-refractivity contribution in [1.82, 2.24) is 9.80 Å². The SMILES string of the molecule is C=CCOC(=O)N1CC(F)C[C@H]1C1=C(C(=O)O)N2C(=O)[C@H]([C@@](C)(O[SiH](C)C)C(C)(C)C)[C@H]2C1. The number of rotatable bonds is 7. The standard InChI is InChI=1S/C23H35FN2O6Si/c1-8-9-31-21(30)25-12-13(24)10-15(25)14-11-16-17(19(27)26(16)18(14)20(28)29)23(5,22(2,3)4)32-33(6)7/h8,13,15-17,33H,1,9-12H2,2-7H3,(H,28,29)/t13?,15-,16+,17+,23+/m0/s1. The van der Waals surface area contributed by atoms with Crippen LogP contribution in [0, 0.1) is 11.3 Å². The largest absolute Gasteiger partial charge is 0.477 e. The summed E-state index contributed by atoms with van der Waals surface area (Å²) in [6, 6.07) is -1.18. The lowest BCUT2D eigenvalue weighted by molar-refractivity contribution is -0.180. The molecule has 0 bridgehead atoms. The van der Waals surface area contributed by atoms with E-state index in [1.165, 1.54) is 15.9 Å². The highest BCUT2D eigenvalue weighted by Gasteiger charge is 2.65. The van der Waals surface area contributed by atoms with Crippen molar-refractivity contribution < 1.29 is 33.0 Å². The Morgan fingerprint density at radius 1 is 1.30 bits per heavy atom. The van der Waals surface area contributed by atoms with Gasteiger partial charge in [-0.1, -0.05) is 33.4 Å². The van der Waals surface area contributed by atoms with Gasteiger partial charge in [0.25, 0.3) is 0 Å². The number of carbonyl (C=O) groups excluding carboxylic acids is 2. The molecule has 1 N–H and O–H groups in total. The van der Waals surface area contributed by atoms with Crippen LogP contribution in [-0.2, 0) is 18.8 Å². The molecule has 0 aliphatic carbocycles. The van der Waals surface area contributed by atoms with Crippen LogP contribution < -0.4 is 0 Å². The lowest BCUT2D eigenvalue weighted by Gasteiger charge is -2.57. The van der Waals surface area contributed by atoms with Crippen LogP contribution in [0.5, 0.6) is 0 Å². The number of carbonyl (C=O) groups is 3. The summed E-state index contributed by atoms with van der Waals surface area (Å²) in [7, 11) is -1.54. The second-order valence-corrected chi connectivity index (χ2v) is 12.9. The quantitative estimate of drug-likeness (QED) is 0.340. The number of likely N-dealkylation sites (tertiary alicyclic amines) is 1. The number of nitrogens with zero attached hydrogens (tertiary/aromatic N) is 2. The second kappa shape index (κ2) is 8.86. The number of β-lactam (4-membered cyclic amide) rings is 1. The van der Waals surface area contributed by atoms with Gasteiger partial charge in [-0.05, 0) is 37.4 Å². The average Bonchev–Trinajstić information content (AvgIpc) is 3.22. The highest BCUT2D eigenvalue weighted by molar-refractivity contribution is 6.48. The van der Waals surface area contributed by atoms with Gasteiger partial charge in [-0.25, -0.2) is 14.0 Å². The molecule has 8 nitrogen and oxygen atoms in total. The van der Waals surface area contributed by atoms with E-state index < -0.39 is 50.9 Å². The molecule has 0 aromatic carbocycles. The molecular weight excluding hydrogens is 447 g/mol. The van der Waals surface area contributed by atoms with E-state index in [4.69, 9.17) is 9.16 Å². The van der Waals surface area contributed by atoms with Gasteiger partial charge in [0.2, 0.25) is 5.91 Å². The molecule has 3 heterocycles. The molecule has 2 fully saturated rings. The first-order valence-corrected chi connectivity index (χ1v) is 14.2. The molecular formula is C23H35FN2O6Si. The predicted octanol–water partition coefficient (Wildman–Crippen LogP) is 3.10. The number of aliphatic carboxylic acids is 1. The van der Waals surface area contributed by atoms with Gasteiger partial charge in [0.15, 0.2) is 9.04 Å². The maximum Gasteiger partial charge on any atom is 0.410 e. The third-order valence-electron chi connectivity index (χ3n) is 7.17. The highest BCUT2D eigenvalue weighted by Crippen LogP contribution is 2.54. The maximum absolute atomic E-state index is 14.4. The molecule has 1 unspecified atom stereocenters. The Hall–Kier alpha value is -2.20. The van der Waals surface area contributed by atoms with Crippen LogP contribution in [0.2, 0.25) is 13.1 Å². The number of hydrogen-bond acceptors (Lipinski definition) is 5. The Morgan fingerprint density at radius 2 is 1.94 bits per heavy atom. The normalized spacial score (nSPS) is 29.2. The van der Waals surface area contributed by atoms with Crippen molar-refractivity contribution >= 4 is 27.0 Å². The van der Waals surface area contributed by atoms with Crippen LogP contribution in [-0.4, -0.2) is 78.9 Å². The fourth-order valence-corrected chi connectivity index (χ4v) is 6.86. The second-order valence-electron chi connectivity index (χ2n) is 10.5. The van der Waals surface area contributed by atoms with Gasteiger partial charge < -0.3 is 19.2 Å². The topological polar surface area (TPSA) is 96.4 Å². The lowest BCUT2D eigenvalue weighted by Crippen LogP contribution is -2.70. The van der Waals surface area contributed by atoms with E-state index in [0.29, 0.717) is 5.57 Å². The predicted molar refractivity (Wildman–Crippen MR) is 123 cm³/mol. The first-order chi connectivity index (χ1) is 15.2. The number of hydrogen-bond donors (Lipinski definition) is 1. The van der Waals surface area contributed by atoms with Crippen molar-refractivity contribution in [3.63, 3.8) is 0 Å². The molecule has 5 atom stereocenters. The van der Waals surface area contributed by atoms with E-state index in [1.54, 1.807) is 0 Å². The summed E-state index contributed by atoms with van der Waals surface area (Å²) >= 11 is 0. The van der Waals surface area contributed by atoms with Crippen LogP contribution >= 0.6 is 0 Å². The summed E-state index contributed by atoms with van der Waals surface area (Å²) < 4.78 is 25.9. The van der Waals surface area contributed by atoms with Gasteiger partial charge in [0, 0.05) is 6.42 Å². The Bertz CT molecular complexity index is 885. The molecule has 10 heteroatoms. The van der Waals surface area contributed by atoms with Crippen LogP contribution in [0.15, 0.2) is 23.9 Å². The first kappa shape index (κ1) is 25.4. The smallest absolute Gasteiger partial charge is 0.410 e. The van der Waals surface area contributed by atoms with E-state index in [0.717, 1.165) is 0 Å². The average molecular weight is 483 g/mol. The van der Waals surface area contributed by atoms with Crippen molar-refractivity contribution in [2.45, 2.75) is 77.5 Å². The molecule has 0 spiro atoms. The number of alkyl halides is 1. The van der Waals surface area contributed by atoms with Gasteiger partial charge in [-0.15, -0.1) is 0 Å². The van der Waals surface area contributed by atoms with E-state index in [-0.39, 0.29) is 43.0 Å². The Kier molecular flexibility index (Phi) is 6.83. The third kappa shape index (κ3) is 4.23. The minimum Gasteiger partial charge on any atom is -0.477 e. The Labute approximate surface area is 196 Å². The minimum atomic E-state index is -1.54. The van der Waals surface area contributed by atoms with E-state index in [2.05, 4.69) is 6.58 Å². The van der Waals surface area contributed by atoms with Crippen LogP contribution in [0.1, 0.15) is 40.5 Å². The van der Waals surface area contributed by atoms with Crippen molar-refractivity contribution in [3.05, 3.63) is 23.9 Å². The summed E-state index contributed by atoms with van der Waals surface area (Å²) in [4.78, 5) is 40.7. The zero-order chi connectivity index (χ0) is 24.9. The van der Waals surface area contributed by atoms with Crippen molar-refractivity contribution in [1.29, 1.82) is 0 Å². The lowest BCUT2D eigenvalue weighted by atomic mass is 9.63. The van der Waals surface area contributed by atoms with Gasteiger partial charge in [-0.2, -0.15) is 0 Å². The number of amides is 2. The zero-order valence-electron chi connectivity index (χ0n) is 20.3. The molecule has 3 aliphatic rings. The van der Waals surface area contributed by atoms with Gasteiger partial charge in [0.05, 0.1) is 30.1 Å². The van der Waals surface area contributed by atoms with E-state index >= 15 is 0 Å². The highest BCUT2D eigenvalue weighted by atomic mass is 28.3. The van der Waals surface area contributed by atoms with Crippen molar-refractivity contribution in [2.24, 2.45) is 11.3 Å². The fourth-order valence-electron chi connectivity index (χ4n) is 5.38. The molecule has 0 aromatic heterocycles. The molecule has 184 valence electrons. The molecule has 2 amide bonds. The van der Waals surface area contributed by atoms with Crippen LogP contribution in [0.4, 0.5) is 9.18 Å². The van der Waals surface area contributed by atoms with Gasteiger partial charge in [-0.3, -0.25) is 9.69 Å². The minimum absolute atomic E-state index is 0.0271. The number of carboxylic acids is 1. The number of ether oxygens (including phenoxy) is 1. The van der Waals surface area contributed by atoms with Gasteiger partial charge in [0.1, 0.15) is 18.5 Å². The van der Waals surface area contributed by atoms with E-state index in [9.17, 15) is 23.9 Å². The summed E-state index contributed by atoms with van der Waals surface area (Å²) in [6.45, 7) is 15.4. The summed E-state index contributed by atoms with van der Waals surface area (Å²) in [6.07, 6.45) is -0.379. The molecule has 2 saturated heterocycles. The number of fused-ring (bicyclic) bond motifs is 1. The zero-order valence-corrected chi connectivity index (χ0v) is 21.4. The molecule has 3 aliphatic heterocycles. The maximum atomic E-state index is 14.4. The monoisotopic (exact) mass is 482 g/mol. The first-order valence-electron chi connectivity index (χ1n) is 11.4. The summed E-state index contributed by atoms with van der Waals surface area (Å²) in [5, 5.41) is 9.99. The Balaban J connectivity index is 1.97. The summed E-state index contributed by atoms with van der Waals surface area (Å²) in [5.74, 6) is -2.07. The third-order valence-corrected chi connectivity index (χ3v) is 8.13. The summed E-state index contributed by atoms with van der Waals surface area (Å²) in [5.41, 5.74) is -0.899. The fraction of sp³-hybridized carbons (Fsp3) is 0.696. The van der Waals surface area contributed by atoms with Crippen molar-refractivity contribution in [2.75, 3.05) is 13.2 Å². The molecule has 0 aromatic rings.